The second-order valence-corrected chi connectivity index (χ2v) is 9.43. The largest absolute Gasteiger partial charge is 0.360 e. The molecule has 26 heavy (non-hydrogen) atoms. The maximum absolute atomic E-state index is 12.3. The Morgan fingerprint density at radius 3 is 2.46 bits per heavy atom. The summed E-state index contributed by atoms with van der Waals surface area (Å²) in [6.45, 7) is 6.81. The Morgan fingerprint density at radius 2 is 1.85 bits per heavy atom. The Balaban J connectivity index is 1.85. The number of anilines is 2. The van der Waals surface area contributed by atoms with E-state index in [0.717, 1.165) is 11.7 Å². The summed E-state index contributed by atoms with van der Waals surface area (Å²) in [7, 11) is 0. The Kier molecular flexibility index (Phi) is 8.11. The van der Waals surface area contributed by atoms with E-state index in [-0.39, 0.29) is 11.2 Å². The Labute approximate surface area is 163 Å². The number of nitrogens with zero attached hydrogens (tertiary/aromatic N) is 2. The predicted molar refractivity (Wildman–Crippen MR) is 105 cm³/mol. The van der Waals surface area contributed by atoms with Crippen LogP contribution >= 0.6 is 34.9 Å². The van der Waals surface area contributed by atoms with Crippen LogP contribution in [0.3, 0.4) is 0 Å². The Hall–Kier alpha value is -1.39. The first kappa shape index (κ1) is 20.9. The van der Waals surface area contributed by atoms with Crippen molar-refractivity contribution in [3.8, 4) is 0 Å². The zero-order valence-corrected chi connectivity index (χ0v) is 17.0. The number of benzene rings is 1. The molecular weight excluding hydrogens is 398 g/mol. The molecule has 1 aromatic carbocycles. The van der Waals surface area contributed by atoms with Gasteiger partial charge in [-0.3, -0.25) is 4.79 Å². The van der Waals surface area contributed by atoms with E-state index in [0.29, 0.717) is 32.6 Å². The molecular formula is C16H20F2N4OS3. The summed E-state index contributed by atoms with van der Waals surface area (Å²) in [5.41, 5.74) is 0.567. The fourth-order valence-corrected chi connectivity index (χ4v) is 4.19. The summed E-state index contributed by atoms with van der Waals surface area (Å²) in [6, 6.07) is 6.33. The van der Waals surface area contributed by atoms with Crippen LogP contribution in [0.1, 0.15) is 20.8 Å². The predicted octanol–water partition coefficient (Wildman–Crippen LogP) is 5.04. The molecule has 0 spiro atoms. The van der Waals surface area contributed by atoms with Crippen LogP contribution in [0.2, 0.25) is 0 Å². The summed E-state index contributed by atoms with van der Waals surface area (Å²) >= 11 is 3.21. The van der Waals surface area contributed by atoms with Gasteiger partial charge in [0.25, 0.3) is 5.76 Å². The van der Waals surface area contributed by atoms with Gasteiger partial charge in [-0.1, -0.05) is 48.7 Å². The number of amides is 1. The van der Waals surface area contributed by atoms with Crippen molar-refractivity contribution < 1.29 is 13.6 Å². The number of hydrogen-bond donors (Lipinski definition) is 2. The van der Waals surface area contributed by atoms with E-state index >= 15 is 0 Å². The zero-order chi connectivity index (χ0) is 19.1. The number of halogens is 2. The average Bonchev–Trinajstić information content (AvgIpc) is 3.01. The average molecular weight is 419 g/mol. The molecule has 0 aliphatic rings. The number of nitrogens with one attached hydrogen (secondary N) is 2. The van der Waals surface area contributed by atoms with Crippen LogP contribution in [-0.2, 0) is 4.79 Å². The molecule has 2 rings (SSSR count). The van der Waals surface area contributed by atoms with Crippen molar-refractivity contribution in [2.24, 2.45) is 5.92 Å². The van der Waals surface area contributed by atoms with E-state index in [1.54, 1.807) is 31.2 Å². The van der Waals surface area contributed by atoms with Crippen LogP contribution in [-0.4, -0.2) is 33.7 Å². The number of alkyl halides is 2. The maximum Gasteiger partial charge on any atom is 0.288 e. The van der Waals surface area contributed by atoms with Crippen molar-refractivity contribution in [1.29, 1.82) is 0 Å². The van der Waals surface area contributed by atoms with E-state index in [4.69, 9.17) is 0 Å². The second-order valence-electron chi connectivity index (χ2n) is 5.80. The number of hydrogen-bond acceptors (Lipinski definition) is 7. The van der Waals surface area contributed by atoms with Gasteiger partial charge >= 0.3 is 0 Å². The van der Waals surface area contributed by atoms with Gasteiger partial charge in [0.15, 0.2) is 4.34 Å². The van der Waals surface area contributed by atoms with Gasteiger partial charge < -0.3 is 10.6 Å². The van der Waals surface area contributed by atoms with Gasteiger partial charge in [0, 0.05) is 17.1 Å². The van der Waals surface area contributed by atoms with E-state index in [1.807, 2.05) is 0 Å². The molecule has 1 amide bonds. The van der Waals surface area contributed by atoms with Gasteiger partial charge in [0.2, 0.25) is 11.0 Å². The van der Waals surface area contributed by atoms with Gasteiger partial charge in [-0.15, -0.1) is 10.2 Å². The van der Waals surface area contributed by atoms with Crippen LogP contribution in [0.25, 0.3) is 0 Å². The van der Waals surface area contributed by atoms with Crippen LogP contribution in [0.15, 0.2) is 33.5 Å². The Morgan fingerprint density at radius 1 is 1.15 bits per heavy atom. The number of carbonyl (C=O) groups is 1. The number of carbonyl (C=O) groups excluding carboxylic acids is 1. The van der Waals surface area contributed by atoms with Gasteiger partial charge in [-0.05, 0) is 37.1 Å². The lowest BCUT2D eigenvalue weighted by Crippen LogP contribution is -2.22. The molecule has 0 aliphatic carbocycles. The smallest absolute Gasteiger partial charge is 0.288 e. The van der Waals surface area contributed by atoms with Crippen molar-refractivity contribution in [2.45, 2.75) is 41.0 Å². The molecule has 0 bridgehead atoms. The van der Waals surface area contributed by atoms with Crippen molar-refractivity contribution >= 4 is 51.6 Å². The molecule has 0 fully saturated rings. The number of thioether (sulfide) groups is 2. The normalized spacial score (nSPS) is 12.4. The number of rotatable bonds is 9. The highest BCUT2D eigenvalue weighted by Gasteiger charge is 2.17. The van der Waals surface area contributed by atoms with Crippen LogP contribution in [0.5, 0.6) is 0 Å². The lowest BCUT2D eigenvalue weighted by atomic mass is 10.2. The third-order valence-electron chi connectivity index (χ3n) is 3.06. The summed E-state index contributed by atoms with van der Waals surface area (Å²) in [5, 5.41) is 14.5. The fourth-order valence-electron chi connectivity index (χ4n) is 1.79. The number of aromatic nitrogens is 2. The SMILES string of the molecule is CC(C)CNc1nnc(S[C@@H](C)C(=O)Nc2ccc(SC(F)F)cc2)s1. The van der Waals surface area contributed by atoms with E-state index in [9.17, 15) is 13.6 Å². The van der Waals surface area contributed by atoms with Gasteiger partial charge in [0.05, 0.1) is 5.25 Å². The van der Waals surface area contributed by atoms with Gasteiger partial charge in [-0.2, -0.15) is 8.78 Å². The standard InChI is InChI=1S/C16H20F2N4OS3/c1-9(2)8-19-15-21-22-16(26-15)24-10(3)13(23)20-11-4-6-12(7-5-11)25-14(17)18/h4-7,9-10,14H,8H2,1-3H3,(H,19,21)(H,20,23)/t10-/m0/s1. The highest BCUT2D eigenvalue weighted by molar-refractivity contribution is 8.02. The molecule has 2 aromatic rings. The molecule has 10 heteroatoms. The van der Waals surface area contributed by atoms with Crippen LogP contribution in [0.4, 0.5) is 19.6 Å². The molecule has 142 valence electrons. The molecule has 1 heterocycles. The lowest BCUT2D eigenvalue weighted by molar-refractivity contribution is -0.115. The summed E-state index contributed by atoms with van der Waals surface area (Å²) < 4.78 is 25.3. The first-order valence-corrected chi connectivity index (χ1v) is 10.5. The molecule has 1 atom stereocenters. The minimum Gasteiger partial charge on any atom is -0.360 e. The van der Waals surface area contributed by atoms with Gasteiger partial charge in [0.1, 0.15) is 0 Å². The highest BCUT2D eigenvalue weighted by Crippen LogP contribution is 2.30. The molecule has 5 nitrogen and oxygen atoms in total. The quantitative estimate of drug-likeness (QED) is 0.556. The van der Waals surface area contributed by atoms with Crippen molar-refractivity contribution in [2.75, 3.05) is 17.2 Å². The lowest BCUT2D eigenvalue weighted by Gasteiger charge is -2.10. The van der Waals surface area contributed by atoms with E-state index in [1.165, 1.54) is 23.1 Å². The fraction of sp³-hybridized carbons (Fsp3) is 0.438. The maximum atomic E-state index is 12.3. The second kappa shape index (κ2) is 10.1. The van der Waals surface area contributed by atoms with Gasteiger partial charge in [-0.25, -0.2) is 0 Å². The van der Waals surface area contributed by atoms with E-state index in [2.05, 4.69) is 34.7 Å². The molecule has 0 saturated heterocycles. The summed E-state index contributed by atoms with van der Waals surface area (Å²) in [4.78, 5) is 12.7. The first-order valence-electron chi connectivity index (χ1n) is 7.93. The first-order chi connectivity index (χ1) is 12.3. The highest BCUT2D eigenvalue weighted by atomic mass is 32.2. The Bertz CT molecular complexity index is 710. The molecule has 2 N–H and O–H groups in total. The molecule has 0 unspecified atom stereocenters. The molecule has 1 aromatic heterocycles. The minimum atomic E-state index is -2.46. The zero-order valence-electron chi connectivity index (χ0n) is 14.5. The summed E-state index contributed by atoms with van der Waals surface area (Å²) in [6.07, 6.45) is 0. The van der Waals surface area contributed by atoms with Crippen molar-refractivity contribution in [3.63, 3.8) is 0 Å². The summed E-state index contributed by atoms with van der Waals surface area (Å²) in [5.74, 6) is -2.14. The topological polar surface area (TPSA) is 66.9 Å². The molecule has 0 aliphatic heterocycles. The monoisotopic (exact) mass is 418 g/mol. The van der Waals surface area contributed by atoms with E-state index < -0.39 is 5.76 Å². The minimum absolute atomic E-state index is 0.184. The third kappa shape index (κ3) is 7.08. The van der Waals surface area contributed by atoms with Crippen molar-refractivity contribution in [3.05, 3.63) is 24.3 Å². The van der Waals surface area contributed by atoms with Crippen molar-refractivity contribution in [1.82, 2.24) is 10.2 Å². The van der Waals surface area contributed by atoms with Crippen LogP contribution < -0.4 is 10.6 Å². The molecule has 0 saturated carbocycles. The molecule has 0 radical (unpaired) electrons. The third-order valence-corrected chi connectivity index (χ3v) is 5.85. The van der Waals surface area contributed by atoms with Crippen LogP contribution in [0, 0.1) is 5.92 Å².